The first-order valence-corrected chi connectivity index (χ1v) is 11.6. The number of hydrogen-bond donors (Lipinski definition) is 0. The van der Waals surface area contributed by atoms with Crippen LogP contribution in [-0.2, 0) is 17.9 Å². The van der Waals surface area contributed by atoms with Crippen LogP contribution in [0.1, 0.15) is 16.7 Å². The van der Waals surface area contributed by atoms with Crippen LogP contribution in [-0.4, -0.2) is 28.1 Å². The number of nitro benzene ring substituents is 1. The SMILES string of the molecule is COc1cc(/C=C2\SC(=O)N(Cc3cccc(Cl)c3)C2=O)ccc1OCc1ccccc1[N+](=O)[O-]. The largest absolute Gasteiger partial charge is 0.493 e. The molecule has 8 nitrogen and oxygen atoms in total. The predicted molar refractivity (Wildman–Crippen MR) is 133 cm³/mol. The van der Waals surface area contributed by atoms with E-state index >= 15 is 0 Å². The van der Waals surface area contributed by atoms with Crippen molar-refractivity contribution in [3.8, 4) is 11.5 Å². The minimum absolute atomic E-state index is 0.0186. The van der Waals surface area contributed by atoms with E-state index in [0.717, 1.165) is 17.3 Å². The van der Waals surface area contributed by atoms with Gasteiger partial charge in [-0.1, -0.05) is 41.9 Å². The van der Waals surface area contributed by atoms with Gasteiger partial charge in [-0.3, -0.25) is 24.6 Å². The number of ether oxygens (including phenoxy) is 2. The number of thioether (sulfide) groups is 1. The fourth-order valence-electron chi connectivity index (χ4n) is 3.47. The molecular weight excluding hydrogens is 492 g/mol. The maximum absolute atomic E-state index is 12.8. The number of nitro groups is 1. The van der Waals surface area contributed by atoms with E-state index in [2.05, 4.69) is 0 Å². The summed E-state index contributed by atoms with van der Waals surface area (Å²) in [6.07, 6.45) is 1.61. The molecule has 10 heteroatoms. The Bertz CT molecular complexity index is 1340. The fourth-order valence-corrected chi connectivity index (χ4v) is 4.52. The van der Waals surface area contributed by atoms with Crippen molar-refractivity contribution in [3.05, 3.63) is 103 Å². The molecule has 0 N–H and O–H groups in total. The number of imide groups is 1. The Morgan fingerprint density at radius 2 is 1.86 bits per heavy atom. The Balaban J connectivity index is 1.50. The van der Waals surface area contributed by atoms with Crippen molar-refractivity contribution in [1.82, 2.24) is 4.90 Å². The Morgan fingerprint density at radius 1 is 1.06 bits per heavy atom. The third kappa shape index (κ3) is 5.64. The number of methoxy groups -OCH3 is 1. The van der Waals surface area contributed by atoms with E-state index in [9.17, 15) is 19.7 Å². The van der Waals surface area contributed by atoms with E-state index in [4.69, 9.17) is 21.1 Å². The maximum Gasteiger partial charge on any atom is 0.293 e. The van der Waals surface area contributed by atoms with E-state index in [-0.39, 0.29) is 29.0 Å². The normalized spacial score (nSPS) is 14.5. The van der Waals surface area contributed by atoms with Crippen LogP contribution in [0.15, 0.2) is 71.6 Å². The molecule has 0 saturated carbocycles. The topological polar surface area (TPSA) is 99.0 Å². The fraction of sp³-hybridized carbons (Fsp3) is 0.120. The number of nitrogens with zero attached hydrogens (tertiary/aromatic N) is 2. The zero-order valence-electron chi connectivity index (χ0n) is 18.5. The average molecular weight is 511 g/mol. The molecule has 0 aliphatic carbocycles. The average Bonchev–Trinajstić information content (AvgIpc) is 3.10. The van der Waals surface area contributed by atoms with E-state index < -0.39 is 10.8 Å². The summed E-state index contributed by atoms with van der Waals surface area (Å²) >= 11 is 6.86. The molecule has 0 aromatic heterocycles. The summed E-state index contributed by atoms with van der Waals surface area (Å²) in [6, 6.07) is 18.3. The van der Waals surface area contributed by atoms with Crippen molar-refractivity contribution in [3.63, 3.8) is 0 Å². The molecule has 1 fully saturated rings. The molecule has 0 unspecified atom stereocenters. The maximum atomic E-state index is 12.8. The lowest BCUT2D eigenvalue weighted by Gasteiger charge is -2.13. The quantitative estimate of drug-likeness (QED) is 0.206. The molecule has 3 aromatic rings. The molecule has 178 valence electrons. The van der Waals surface area contributed by atoms with Gasteiger partial charge in [0.1, 0.15) is 6.61 Å². The highest BCUT2D eigenvalue weighted by molar-refractivity contribution is 8.18. The Hall–Kier alpha value is -3.82. The van der Waals surface area contributed by atoms with Crippen LogP contribution in [0.5, 0.6) is 11.5 Å². The van der Waals surface area contributed by atoms with Crippen molar-refractivity contribution in [2.45, 2.75) is 13.2 Å². The van der Waals surface area contributed by atoms with Gasteiger partial charge in [0.05, 0.1) is 29.0 Å². The van der Waals surface area contributed by atoms with Gasteiger partial charge in [0.2, 0.25) is 0 Å². The molecule has 2 amide bonds. The summed E-state index contributed by atoms with van der Waals surface area (Å²) in [7, 11) is 1.47. The summed E-state index contributed by atoms with van der Waals surface area (Å²) in [5.74, 6) is 0.378. The first-order chi connectivity index (χ1) is 16.9. The van der Waals surface area contributed by atoms with E-state index in [1.54, 1.807) is 66.7 Å². The number of halogens is 1. The van der Waals surface area contributed by atoms with Gasteiger partial charge in [-0.05, 0) is 59.3 Å². The van der Waals surface area contributed by atoms with Crippen molar-refractivity contribution >= 4 is 46.3 Å². The highest BCUT2D eigenvalue weighted by Gasteiger charge is 2.35. The number of rotatable bonds is 8. The van der Waals surface area contributed by atoms with Gasteiger partial charge >= 0.3 is 0 Å². The van der Waals surface area contributed by atoms with E-state index in [1.165, 1.54) is 18.1 Å². The van der Waals surface area contributed by atoms with Crippen LogP contribution in [0, 0.1) is 10.1 Å². The molecule has 35 heavy (non-hydrogen) atoms. The monoisotopic (exact) mass is 510 g/mol. The molecule has 1 aliphatic heterocycles. The number of para-hydroxylation sites is 1. The van der Waals surface area contributed by atoms with Crippen molar-refractivity contribution in [2.24, 2.45) is 0 Å². The van der Waals surface area contributed by atoms with Crippen LogP contribution in [0.2, 0.25) is 5.02 Å². The molecule has 0 atom stereocenters. The smallest absolute Gasteiger partial charge is 0.293 e. The molecular formula is C25H19ClN2O6S. The second-order valence-electron chi connectivity index (χ2n) is 7.48. The lowest BCUT2D eigenvalue weighted by Crippen LogP contribution is -2.27. The lowest BCUT2D eigenvalue weighted by molar-refractivity contribution is -0.385. The molecule has 1 heterocycles. The predicted octanol–water partition coefficient (Wildman–Crippen LogP) is 6.07. The second kappa shape index (κ2) is 10.6. The Morgan fingerprint density at radius 3 is 2.60 bits per heavy atom. The molecule has 0 bridgehead atoms. The van der Waals surface area contributed by atoms with E-state index in [0.29, 0.717) is 27.6 Å². The van der Waals surface area contributed by atoms with Gasteiger partial charge in [0.25, 0.3) is 16.8 Å². The minimum Gasteiger partial charge on any atom is -0.493 e. The van der Waals surface area contributed by atoms with Crippen LogP contribution >= 0.6 is 23.4 Å². The first kappa shape index (κ1) is 24.3. The number of carbonyl (C=O) groups excluding carboxylic acids is 2. The molecule has 0 radical (unpaired) electrons. The highest BCUT2D eigenvalue weighted by atomic mass is 35.5. The number of carbonyl (C=O) groups is 2. The third-order valence-electron chi connectivity index (χ3n) is 5.16. The molecule has 1 aliphatic rings. The summed E-state index contributed by atoms with van der Waals surface area (Å²) < 4.78 is 11.2. The van der Waals surface area contributed by atoms with Crippen LogP contribution in [0.25, 0.3) is 6.08 Å². The standard InChI is InChI=1S/C25H19ClN2O6S/c1-33-22-12-16(9-10-21(22)34-15-18-6-2-3-8-20(18)28(31)32)13-23-24(29)27(25(30)35-23)14-17-5-4-7-19(26)11-17/h2-13H,14-15H2,1H3/b23-13-. The third-order valence-corrected chi connectivity index (χ3v) is 6.30. The van der Waals surface area contributed by atoms with Gasteiger partial charge in [-0.25, -0.2) is 0 Å². The van der Waals surface area contributed by atoms with Crippen LogP contribution < -0.4 is 9.47 Å². The summed E-state index contributed by atoms with van der Waals surface area (Å²) in [4.78, 5) is 37.5. The first-order valence-electron chi connectivity index (χ1n) is 10.4. The molecule has 3 aromatic carbocycles. The summed E-state index contributed by atoms with van der Waals surface area (Å²) in [5, 5.41) is 11.4. The Kier molecular flexibility index (Phi) is 7.38. The second-order valence-corrected chi connectivity index (χ2v) is 8.91. The highest BCUT2D eigenvalue weighted by Crippen LogP contribution is 2.36. The number of hydrogen-bond acceptors (Lipinski definition) is 7. The molecule has 1 saturated heterocycles. The minimum atomic E-state index is -0.460. The number of benzene rings is 3. The van der Waals surface area contributed by atoms with Crippen molar-refractivity contribution < 1.29 is 24.0 Å². The molecule has 0 spiro atoms. The number of amides is 2. The zero-order valence-corrected chi connectivity index (χ0v) is 20.0. The van der Waals surface area contributed by atoms with Gasteiger partial charge < -0.3 is 9.47 Å². The van der Waals surface area contributed by atoms with Gasteiger partial charge in [-0.15, -0.1) is 0 Å². The van der Waals surface area contributed by atoms with Crippen molar-refractivity contribution in [1.29, 1.82) is 0 Å². The zero-order chi connectivity index (χ0) is 24.9. The van der Waals surface area contributed by atoms with E-state index in [1.807, 2.05) is 0 Å². The summed E-state index contributed by atoms with van der Waals surface area (Å²) in [6.45, 7) is 0.111. The van der Waals surface area contributed by atoms with Gasteiger partial charge in [0.15, 0.2) is 11.5 Å². The van der Waals surface area contributed by atoms with Gasteiger partial charge in [-0.2, -0.15) is 0 Å². The van der Waals surface area contributed by atoms with Crippen LogP contribution in [0.3, 0.4) is 0 Å². The van der Waals surface area contributed by atoms with Gasteiger partial charge in [0, 0.05) is 11.1 Å². The Labute approximate surface area is 210 Å². The lowest BCUT2D eigenvalue weighted by atomic mass is 10.1. The molecule has 4 rings (SSSR count). The van der Waals surface area contributed by atoms with Crippen LogP contribution in [0.4, 0.5) is 10.5 Å². The summed E-state index contributed by atoms with van der Waals surface area (Å²) in [5.41, 5.74) is 1.78. The van der Waals surface area contributed by atoms with Crippen molar-refractivity contribution in [2.75, 3.05) is 7.11 Å².